The predicted octanol–water partition coefficient (Wildman–Crippen LogP) is 2.56. The Morgan fingerprint density at radius 2 is 2.10 bits per heavy atom. The molecule has 1 aliphatic rings. The topological polar surface area (TPSA) is 38.3 Å². The number of hydrogen-bond donors (Lipinski definition) is 1. The number of halogens is 1. The van der Waals surface area contributed by atoms with Gasteiger partial charge in [0.1, 0.15) is 17.7 Å². The lowest BCUT2D eigenvalue weighted by atomic mass is 10.1. The van der Waals surface area contributed by atoms with Crippen LogP contribution in [-0.2, 0) is 6.42 Å². The lowest BCUT2D eigenvalue weighted by Gasteiger charge is -2.12. The van der Waals surface area contributed by atoms with E-state index in [4.69, 9.17) is 4.74 Å². The van der Waals surface area contributed by atoms with Crippen LogP contribution in [-0.4, -0.2) is 18.6 Å². The van der Waals surface area contributed by atoms with E-state index in [1.165, 1.54) is 18.2 Å². The lowest BCUT2D eigenvalue weighted by molar-refractivity contribution is 0.0933. The van der Waals surface area contributed by atoms with Gasteiger partial charge in [-0.15, -0.1) is 0 Å². The lowest BCUT2D eigenvalue weighted by Crippen LogP contribution is -2.34. The molecule has 3 nitrogen and oxygen atoms in total. The summed E-state index contributed by atoms with van der Waals surface area (Å²) in [6.07, 6.45) is 0.712. The molecule has 0 saturated carbocycles. The van der Waals surface area contributed by atoms with Crippen molar-refractivity contribution in [1.29, 1.82) is 0 Å². The largest absolute Gasteiger partial charge is 0.488 e. The predicted molar refractivity (Wildman–Crippen MR) is 73.3 cm³/mol. The molecular weight excluding hydrogens is 257 g/mol. The van der Waals surface area contributed by atoms with Crippen LogP contribution in [0.3, 0.4) is 0 Å². The summed E-state index contributed by atoms with van der Waals surface area (Å²) in [6.45, 7) is 0.407. The van der Waals surface area contributed by atoms with E-state index >= 15 is 0 Å². The number of nitrogens with one attached hydrogen (secondary N) is 1. The average Bonchev–Trinajstić information content (AvgIpc) is 2.87. The molecule has 3 rings (SSSR count). The van der Waals surface area contributed by atoms with Gasteiger partial charge in [-0.25, -0.2) is 4.39 Å². The summed E-state index contributed by atoms with van der Waals surface area (Å²) in [5.41, 5.74) is 1.47. The Hall–Kier alpha value is -2.36. The minimum Gasteiger partial charge on any atom is -0.488 e. The van der Waals surface area contributed by atoms with Crippen molar-refractivity contribution in [1.82, 2.24) is 5.32 Å². The zero-order valence-electron chi connectivity index (χ0n) is 10.8. The Labute approximate surface area is 116 Å². The smallest absolute Gasteiger partial charge is 0.251 e. The quantitative estimate of drug-likeness (QED) is 0.931. The Kier molecular flexibility index (Phi) is 3.37. The van der Waals surface area contributed by atoms with Crippen LogP contribution in [0.2, 0.25) is 0 Å². The maximum absolute atomic E-state index is 13.0. The molecule has 0 aromatic heterocycles. The Morgan fingerprint density at radius 1 is 1.25 bits per heavy atom. The normalized spacial score (nSPS) is 16.4. The summed E-state index contributed by atoms with van der Waals surface area (Å²) in [6, 6.07) is 13.5. The standard InChI is InChI=1S/C16H14FNO2/c17-13-6-3-5-12(8-13)16(19)18-10-14-9-11-4-1-2-7-15(11)20-14/h1-8,14H,9-10H2,(H,18,19). The minimum atomic E-state index is -0.415. The molecule has 1 N–H and O–H groups in total. The summed E-state index contributed by atoms with van der Waals surface area (Å²) < 4.78 is 18.8. The van der Waals surface area contributed by atoms with E-state index in [9.17, 15) is 9.18 Å². The van der Waals surface area contributed by atoms with Crippen LogP contribution in [0.15, 0.2) is 48.5 Å². The van der Waals surface area contributed by atoms with E-state index in [-0.39, 0.29) is 12.0 Å². The molecule has 4 heteroatoms. The van der Waals surface area contributed by atoms with E-state index in [0.29, 0.717) is 12.1 Å². The summed E-state index contributed by atoms with van der Waals surface area (Å²) in [4.78, 5) is 11.9. The van der Waals surface area contributed by atoms with E-state index in [1.807, 2.05) is 24.3 Å². The molecular formula is C16H14FNO2. The highest BCUT2D eigenvalue weighted by atomic mass is 19.1. The van der Waals surface area contributed by atoms with Crippen LogP contribution in [0.1, 0.15) is 15.9 Å². The number of benzene rings is 2. The molecule has 1 heterocycles. The van der Waals surface area contributed by atoms with E-state index in [2.05, 4.69) is 5.32 Å². The fraction of sp³-hybridized carbons (Fsp3) is 0.188. The molecule has 20 heavy (non-hydrogen) atoms. The van der Waals surface area contributed by atoms with Crippen molar-refractivity contribution in [3.8, 4) is 5.75 Å². The first-order valence-electron chi connectivity index (χ1n) is 6.51. The number of hydrogen-bond acceptors (Lipinski definition) is 2. The molecule has 0 bridgehead atoms. The highest BCUT2D eigenvalue weighted by molar-refractivity contribution is 5.94. The number of ether oxygens (including phenoxy) is 1. The van der Waals surface area contributed by atoms with Crippen LogP contribution in [0.5, 0.6) is 5.75 Å². The molecule has 102 valence electrons. The van der Waals surface area contributed by atoms with Gasteiger partial charge in [-0.05, 0) is 29.8 Å². The van der Waals surface area contributed by atoms with Gasteiger partial charge in [-0.2, -0.15) is 0 Å². The van der Waals surface area contributed by atoms with Gasteiger partial charge in [-0.3, -0.25) is 4.79 Å². The van der Waals surface area contributed by atoms with Crippen molar-refractivity contribution in [2.24, 2.45) is 0 Å². The van der Waals surface area contributed by atoms with Crippen molar-refractivity contribution in [3.05, 3.63) is 65.5 Å². The number of fused-ring (bicyclic) bond motifs is 1. The van der Waals surface area contributed by atoms with Gasteiger partial charge in [0.15, 0.2) is 0 Å². The third-order valence-electron chi connectivity index (χ3n) is 3.29. The molecule has 1 amide bonds. The molecule has 0 saturated heterocycles. The first-order chi connectivity index (χ1) is 9.72. The first-order valence-corrected chi connectivity index (χ1v) is 6.51. The zero-order chi connectivity index (χ0) is 13.9. The van der Waals surface area contributed by atoms with Crippen molar-refractivity contribution in [3.63, 3.8) is 0 Å². The summed E-state index contributed by atoms with van der Waals surface area (Å²) in [7, 11) is 0. The van der Waals surface area contributed by atoms with Gasteiger partial charge in [0.2, 0.25) is 0 Å². The zero-order valence-corrected chi connectivity index (χ0v) is 10.8. The highest BCUT2D eigenvalue weighted by Gasteiger charge is 2.22. The van der Waals surface area contributed by atoms with Gasteiger partial charge < -0.3 is 10.1 Å². The van der Waals surface area contributed by atoms with Gasteiger partial charge >= 0.3 is 0 Å². The monoisotopic (exact) mass is 271 g/mol. The Morgan fingerprint density at radius 3 is 2.90 bits per heavy atom. The van der Waals surface area contributed by atoms with Crippen LogP contribution in [0.25, 0.3) is 0 Å². The highest BCUT2D eigenvalue weighted by Crippen LogP contribution is 2.27. The molecule has 1 aliphatic heterocycles. The molecule has 0 spiro atoms. The second kappa shape index (κ2) is 5.33. The second-order valence-corrected chi connectivity index (χ2v) is 4.77. The summed E-state index contributed by atoms with van der Waals surface area (Å²) in [5, 5.41) is 2.77. The van der Waals surface area contributed by atoms with Crippen molar-refractivity contribution in [2.75, 3.05) is 6.54 Å². The molecule has 0 radical (unpaired) electrons. The second-order valence-electron chi connectivity index (χ2n) is 4.77. The van der Waals surface area contributed by atoms with Crippen LogP contribution < -0.4 is 10.1 Å². The fourth-order valence-corrected chi connectivity index (χ4v) is 2.31. The van der Waals surface area contributed by atoms with Gasteiger partial charge in [-0.1, -0.05) is 24.3 Å². The first kappa shape index (κ1) is 12.7. The van der Waals surface area contributed by atoms with E-state index in [0.717, 1.165) is 17.7 Å². The molecule has 1 atom stereocenters. The van der Waals surface area contributed by atoms with Crippen LogP contribution in [0.4, 0.5) is 4.39 Å². The van der Waals surface area contributed by atoms with E-state index in [1.54, 1.807) is 6.07 Å². The van der Waals surface area contributed by atoms with Crippen LogP contribution >= 0.6 is 0 Å². The maximum atomic E-state index is 13.0. The fourth-order valence-electron chi connectivity index (χ4n) is 2.31. The summed E-state index contributed by atoms with van der Waals surface area (Å²) in [5.74, 6) is 0.170. The number of para-hydroxylation sites is 1. The SMILES string of the molecule is O=C(NCC1Cc2ccccc2O1)c1cccc(F)c1. The van der Waals surface area contributed by atoms with Gasteiger partial charge in [0.25, 0.3) is 5.91 Å². The van der Waals surface area contributed by atoms with Gasteiger partial charge in [0, 0.05) is 12.0 Å². The molecule has 2 aromatic rings. The minimum absolute atomic E-state index is 0.0649. The van der Waals surface area contributed by atoms with Crippen molar-refractivity contribution >= 4 is 5.91 Å². The number of carbonyl (C=O) groups excluding carboxylic acids is 1. The van der Waals surface area contributed by atoms with Crippen molar-refractivity contribution in [2.45, 2.75) is 12.5 Å². The Bertz CT molecular complexity index is 617. The molecule has 2 aromatic carbocycles. The van der Waals surface area contributed by atoms with Crippen molar-refractivity contribution < 1.29 is 13.9 Å². The summed E-state index contributed by atoms with van der Waals surface area (Å²) >= 11 is 0. The van der Waals surface area contributed by atoms with Gasteiger partial charge in [0.05, 0.1) is 6.54 Å². The number of carbonyl (C=O) groups is 1. The third kappa shape index (κ3) is 2.64. The molecule has 0 aliphatic carbocycles. The van der Waals surface area contributed by atoms with Crippen LogP contribution in [0, 0.1) is 5.82 Å². The maximum Gasteiger partial charge on any atom is 0.251 e. The average molecular weight is 271 g/mol. The van der Waals surface area contributed by atoms with E-state index < -0.39 is 5.82 Å². The Balaban J connectivity index is 1.58. The molecule has 0 fully saturated rings. The molecule has 1 unspecified atom stereocenters. The number of amides is 1. The number of rotatable bonds is 3. The third-order valence-corrected chi connectivity index (χ3v) is 3.29.